The van der Waals surface area contributed by atoms with E-state index in [2.05, 4.69) is 5.32 Å². The molecule has 0 saturated carbocycles. The first-order valence-electron chi connectivity index (χ1n) is 7.66. The van der Waals surface area contributed by atoms with E-state index < -0.39 is 0 Å². The summed E-state index contributed by atoms with van der Waals surface area (Å²) < 4.78 is 4.87. The standard InChI is InChI=1S/C17H24N2O3/c1-12-4-5-14(10-13(12)2)17(21)18-15-6-8-19(9-7-15)16(20)11-22-3/h4-5,10,15H,6-9,11H2,1-3H3,(H,18,21). The molecular weight excluding hydrogens is 280 g/mol. The maximum Gasteiger partial charge on any atom is 0.251 e. The lowest BCUT2D eigenvalue weighted by Crippen LogP contribution is -2.47. The van der Waals surface area contributed by atoms with Gasteiger partial charge in [0, 0.05) is 31.8 Å². The summed E-state index contributed by atoms with van der Waals surface area (Å²) in [6.45, 7) is 5.50. The van der Waals surface area contributed by atoms with Crippen LogP contribution in [0.4, 0.5) is 0 Å². The first-order chi connectivity index (χ1) is 10.5. The molecule has 0 bridgehead atoms. The number of amides is 2. The number of methoxy groups -OCH3 is 1. The van der Waals surface area contributed by atoms with Crippen molar-refractivity contribution in [3.8, 4) is 0 Å². The second-order valence-corrected chi connectivity index (χ2v) is 5.86. The van der Waals surface area contributed by atoms with Crippen LogP contribution < -0.4 is 5.32 Å². The molecule has 1 heterocycles. The highest BCUT2D eigenvalue weighted by atomic mass is 16.5. The van der Waals surface area contributed by atoms with Gasteiger partial charge in [-0.3, -0.25) is 9.59 Å². The fourth-order valence-electron chi connectivity index (χ4n) is 2.64. The normalized spacial score (nSPS) is 15.7. The van der Waals surface area contributed by atoms with E-state index in [4.69, 9.17) is 4.74 Å². The van der Waals surface area contributed by atoms with Gasteiger partial charge in [-0.15, -0.1) is 0 Å². The number of nitrogens with one attached hydrogen (secondary N) is 1. The third-order valence-electron chi connectivity index (χ3n) is 4.22. The highest BCUT2D eigenvalue weighted by Gasteiger charge is 2.23. The van der Waals surface area contributed by atoms with E-state index in [0.29, 0.717) is 18.7 Å². The van der Waals surface area contributed by atoms with Crippen molar-refractivity contribution in [2.24, 2.45) is 0 Å². The summed E-state index contributed by atoms with van der Waals surface area (Å²) in [5.74, 6) is -0.0220. The fraction of sp³-hybridized carbons (Fsp3) is 0.529. The van der Waals surface area contributed by atoms with Crippen LogP contribution in [0.1, 0.15) is 34.3 Å². The third kappa shape index (κ3) is 4.07. The number of rotatable bonds is 4. The minimum absolute atomic E-state index is 0.0152. The molecule has 1 fully saturated rings. The van der Waals surface area contributed by atoms with E-state index in [0.717, 1.165) is 18.4 Å². The molecule has 5 nitrogen and oxygen atoms in total. The maximum atomic E-state index is 12.3. The molecule has 1 N–H and O–H groups in total. The zero-order chi connectivity index (χ0) is 16.1. The van der Waals surface area contributed by atoms with Crippen LogP contribution in [-0.4, -0.2) is 49.6 Å². The number of hydrogen-bond acceptors (Lipinski definition) is 3. The SMILES string of the molecule is COCC(=O)N1CCC(NC(=O)c2ccc(C)c(C)c2)CC1. The molecule has 1 aliphatic rings. The Morgan fingerprint density at radius 3 is 2.50 bits per heavy atom. The lowest BCUT2D eigenvalue weighted by atomic mass is 10.0. The highest BCUT2D eigenvalue weighted by molar-refractivity contribution is 5.94. The minimum Gasteiger partial charge on any atom is -0.375 e. The topological polar surface area (TPSA) is 58.6 Å². The summed E-state index contributed by atoms with van der Waals surface area (Å²) in [6.07, 6.45) is 1.57. The van der Waals surface area contributed by atoms with Gasteiger partial charge in [0.15, 0.2) is 0 Å². The molecule has 1 aromatic rings. The molecule has 0 aliphatic carbocycles. The van der Waals surface area contributed by atoms with Crippen molar-refractivity contribution in [1.29, 1.82) is 0 Å². The molecule has 1 aromatic carbocycles. The van der Waals surface area contributed by atoms with Crippen LogP contribution >= 0.6 is 0 Å². The first kappa shape index (κ1) is 16.5. The Morgan fingerprint density at radius 2 is 1.91 bits per heavy atom. The molecule has 22 heavy (non-hydrogen) atoms. The Hall–Kier alpha value is -1.88. The number of hydrogen-bond donors (Lipinski definition) is 1. The first-order valence-corrected chi connectivity index (χ1v) is 7.66. The molecule has 120 valence electrons. The van der Waals surface area contributed by atoms with Gasteiger partial charge in [-0.1, -0.05) is 6.07 Å². The minimum atomic E-state index is -0.0373. The second-order valence-electron chi connectivity index (χ2n) is 5.86. The lowest BCUT2D eigenvalue weighted by Gasteiger charge is -2.32. The number of carbonyl (C=O) groups is 2. The Morgan fingerprint density at radius 1 is 1.23 bits per heavy atom. The summed E-state index contributed by atoms with van der Waals surface area (Å²) in [6, 6.07) is 5.87. The average Bonchev–Trinajstić information content (AvgIpc) is 2.51. The Kier molecular flexibility index (Phi) is 5.55. The molecule has 2 rings (SSSR count). The van der Waals surface area contributed by atoms with Crippen molar-refractivity contribution in [2.75, 3.05) is 26.8 Å². The molecule has 1 saturated heterocycles. The van der Waals surface area contributed by atoms with E-state index in [-0.39, 0.29) is 24.5 Å². The Bertz CT molecular complexity index is 549. The molecule has 0 spiro atoms. The van der Waals surface area contributed by atoms with Gasteiger partial charge < -0.3 is 15.0 Å². The van der Waals surface area contributed by atoms with Crippen molar-refractivity contribution >= 4 is 11.8 Å². The largest absolute Gasteiger partial charge is 0.375 e. The van der Waals surface area contributed by atoms with Crippen LogP contribution in [-0.2, 0) is 9.53 Å². The summed E-state index contributed by atoms with van der Waals surface area (Å²) >= 11 is 0. The van der Waals surface area contributed by atoms with E-state index in [1.807, 2.05) is 32.0 Å². The molecule has 0 radical (unpaired) electrons. The second kappa shape index (κ2) is 7.40. The summed E-state index contributed by atoms with van der Waals surface area (Å²) in [5, 5.41) is 3.07. The van der Waals surface area contributed by atoms with Gasteiger partial charge in [0.2, 0.25) is 5.91 Å². The average molecular weight is 304 g/mol. The quantitative estimate of drug-likeness (QED) is 0.920. The van der Waals surface area contributed by atoms with E-state index in [1.54, 1.807) is 4.90 Å². The molecular formula is C17H24N2O3. The number of ether oxygens (including phenoxy) is 1. The monoisotopic (exact) mass is 304 g/mol. The highest BCUT2D eigenvalue weighted by Crippen LogP contribution is 2.13. The summed E-state index contributed by atoms with van der Waals surface area (Å²) in [5.41, 5.74) is 3.00. The fourth-order valence-corrected chi connectivity index (χ4v) is 2.64. The van der Waals surface area contributed by atoms with Gasteiger partial charge in [-0.05, 0) is 49.9 Å². The lowest BCUT2D eigenvalue weighted by molar-refractivity contribution is -0.136. The predicted octanol–water partition coefficient (Wildman–Crippen LogP) is 1.67. The maximum absolute atomic E-state index is 12.3. The van der Waals surface area contributed by atoms with E-state index in [1.165, 1.54) is 12.7 Å². The van der Waals surface area contributed by atoms with Crippen LogP contribution in [0.15, 0.2) is 18.2 Å². The van der Waals surface area contributed by atoms with Gasteiger partial charge in [0.05, 0.1) is 0 Å². The van der Waals surface area contributed by atoms with E-state index in [9.17, 15) is 9.59 Å². The van der Waals surface area contributed by atoms with Crippen molar-refractivity contribution in [2.45, 2.75) is 32.7 Å². The van der Waals surface area contributed by atoms with Gasteiger partial charge in [0.25, 0.3) is 5.91 Å². The molecule has 0 unspecified atom stereocenters. The third-order valence-corrected chi connectivity index (χ3v) is 4.22. The predicted molar refractivity (Wildman–Crippen MR) is 84.9 cm³/mol. The van der Waals surface area contributed by atoms with Crippen LogP contribution in [0.25, 0.3) is 0 Å². The molecule has 0 aromatic heterocycles. The van der Waals surface area contributed by atoms with Crippen molar-refractivity contribution in [3.63, 3.8) is 0 Å². The molecule has 0 atom stereocenters. The number of aryl methyl sites for hydroxylation is 2. The van der Waals surface area contributed by atoms with Gasteiger partial charge in [-0.2, -0.15) is 0 Å². The number of piperidine rings is 1. The Labute approximate surface area is 131 Å². The van der Waals surface area contributed by atoms with Crippen LogP contribution in [0.5, 0.6) is 0 Å². The molecule has 2 amide bonds. The summed E-state index contributed by atoms with van der Waals surface area (Å²) in [4.78, 5) is 25.8. The van der Waals surface area contributed by atoms with Crippen LogP contribution in [0.2, 0.25) is 0 Å². The number of benzene rings is 1. The van der Waals surface area contributed by atoms with Gasteiger partial charge in [-0.25, -0.2) is 0 Å². The zero-order valence-electron chi connectivity index (χ0n) is 13.5. The van der Waals surface area contributed by atoms with Crippen molar-refractivity contribution in [1.82, 2.24) is 10.2 Å². The van der Waals surface area contributed by atoms with Gasteiger partial charge >= 0.3 is 0 Å². The Balaban J connectivity index is 1.86. The van der Waals surface area contributed by atoms with Crippen LogP contribution in [0.3, 0.4) is 0 Å². The van der Waals surface area contributed by atoms with E-state index >= 15 is 0 Å². The number of carbonyl (C=O) groups excluding carboxylic acids is 2. The van der Waals surface area contributed by atoms with Crippen molar-refractivity contribution in [3.05, 3.63) is 34.9 Å². The summed E-state index contributed by atoms with van der Waals surface area (Å²) in [7, 11) is 1.52. The number of nitrogens with zero attached hydrogens (tertiary/aromatic N) is 1. The zero-order valence-corrected chi connectivity index (χ0v) is 13.5. The van der Waals surface area contributed by atoms with Gasteiger partial charge in [0.1, 0.15) is 6.61 Å². The van der Waals surface area contributed by atoms with Crippen molar-refractivity contribution < 1.29 is 14.3 Å². The molecule has 1 aliphatic heterocycles. The number of likely N-dealkylation sites (tertiary alicyclic amines) is 1. The van der Waals surface area contributed by atoms with Crippen LogP contribution in [0, 0.1) is 13.8 Å². The smallest absolute Gasteiger partial charge is 0.251 e. The molecule has 5 heteroatoms.